The van der Waals surface area contributed by atoms with Crippen molar-refractivity contribution in [2.75, 3.05) is 82.1 Å². The first-order chi connectivity index (χ1) is 62.3. The number of hydrogen-bond acceptors (Lipinski definition) is 28. The van der Waals surface area contributed by atoms with Gasteiger partial charge in [0.15, 0.2) is 5.13 Å². The van der Waals surface area contributed by atoms with Crippen LogP contribution < -0.4 is 52.7 Å². The van der Waals surface area contributed by atoms with Crippen molar-refractivity contribution in [2.45, 2.75) is 90.2 Å². The van der Waals surface area contributed by atoms with Gasteiger partial charge in [-0.25, -0.2) is 34.9 Å². The van der Waals surface area contributed by atoms with E-state index in [0.29, 0.717) is 88.7 Å². The third-order valence-electron chi connectivity index (χ3n) is 23.0. The van der Waals surface area contributed by atoms with E-state index in [1.165, 1.54) is 34.0 Å². The minimum atomic E-state index is -0.178. The zero-order valence-corrected chi connectivity index (χ0v) is 73.3. The lowest BCUT2D eigenvalue weighted by Crippen LogP contribution is -2.37. The monoisotopic (exact) mass is 1770 g/mol. The van der Waals surface area contributed by atoms with Gasteiger partial charge in [0.25, 0.3) is 16.7 Å². The molecule has 4 aliphatic heterocycles. The minimum absolute atomic E-state index is 0.0690. The molecule has 3 unspecified atom stereocenters. The number of morpholine rings is 1. The second-order valence-electron chi connectivity index (χ2n) is 31.9. The molecule has 4 fully saturated rings. The van der Waals surface area contributed by atoms with Crippen molar-refractivity contribution in [1.29, 1.82) is 0 Å². The molecule has 21 rings (SSSR count). The number of aryl methyl sites for hydroxylation is 2. The highest BCUT2D eigenvalue weighted by atomic mass is 32.1. The number of anilines is 6. The molecule has 3 aromatic carbocycles. The summed E-state index contributed by atoms with van der Waals surface area (Å²) in [5.41, 5.74) is 14.7. The zero-order chi connectivity index (χ0) is 86.1. The summed E-state index contributed by atoms with van der Waals surface area (Å²) in [6.45, 7) is 12.7. The number of hydrogen-bond donors (Lipinski definition) is 5. The molecule has 16 aromatic rings. The molecule has 642 valence electrons. The quantitative estimate of drug-likeness (QED) is 0.0421. The van der Waals surface area contributed by atoms with E-state index in [1.807, 2.05) is 154 Å². The Morgan fingerprint density at radius 2 is 1.18 bits per heavy atom. The van der Waals surface area contributed by atoms with Gasteiger partial charge in [-0.15, -0.1) is 34.0 Å². The Morgan fingerprint density at radius 1 is 0.559 bits per heavy atom. The Labute approximate surface area is 746 Å². The standard InChI is InChI=1S/C34H36N6O3S.C31H28N8O2S2.C30H27N7O2S/c1-22-15-31(24-10-14-44-21-24)36-19-30(22)29-16-25-17-37-34(39-32(25)40(33(29)41)20-23-8-12-42-13-9-23)38-26-4-6-27(7-5-26)43-28-3-2-11-35-18-28;1-19-13-26(29-34-10-12-43-29)35-17-25(19)24-14-20-15-36-31(38-28(20)39(30(24)40)18-27-33-9-11-42-27)37-21-4-6-22(7-5-21)41-23-3-2-8-32-16-23;1-35-11-12-39-27(18-35)20-6-8-22(9-7-20)34-28-15-26-21(16-32-28)14-24(29(38)37(26)30-31-10-13-40-30)25-17-36(19-33-25)23-4-2-3-5-23/h4-7,10,14-17,19,21,23,28,35H,2-3,8-9,11-13,18,20H2,1H3,(H,37,38,39);4-7,9-15,17,23,32H,2-3,8,16,18H2,1H3,(H,36,37,38);2,4-10,13-17,19,27H,3,11-12,18H2,1H3,(H,32,34). The summed E-state index contributed by atoms with van der Waals surface area (Å²) < 4.78 is 30.9. The zero-order valence-electron chi connectivity index (χ0n) is 70.0. The summed E-state index contributed by atoms with van der Waals surface area (Å²) >= 11 is 6.08. The Morgan fingerprint density at radius 3 is 1.79 bits per heavy atom. The van der Waals surface area contributed by atoms with E-state index in [9.17, 15) is 14.4 Å². The van der Waals surface area contributed by atoms with E-state index in [2.05, 4.69) is 120 Å². The van der Waals surface area contributed by atoms with Crippen LogP contribution in [-0.2, 0) is 22.6 Å². The fourth-order valence-corrected chi connectivity index (χ4v) is 18.9. The molecule has 32 heteroatoms. The normalized spacial score (nSPS) is 16.7. The van der Waals surface area contributed by atoms with Gasteiger partial charge in [0.2, 0.25) is 11.9 Å². The van der Waals surface area contributed by atoms with Crippen LogP contribution in [0.15, 0.2) is 237 Å². The lowest BCUT2D eigenvalue weighted by molar-refractivity contribution is -0.0208. The van der Waals surface area contributed by atoms with Gasteiger partial charge >= 0.3 is 0 Å². The van der Waals surface area contributed by atoms with Crippen molar-refractivity contribution in [3.63, 3.8) is 0 Å². The molecule has 0 radical (unpaired) electrons. The second kappa shape index (κ2) is 38.4. The van der Waals surface area contributed by atoms with Crippen LogP contribution in [0.3, 0.4) is 0 Å². The number of rotatable bonds is 22. The molecule has 4 saturated heterocycles. The van der Waals surface area contributed by atoms with Crippen molar-refractivity contribution in [2.24, 2.45) is 5.92 Å². The van der Waals surface area contributed by atoms with E-state index >= 15 is 0 Å². The van der Waals surface area contributed by atoms with Crippen LogP contribution in [0.1, 0.15) is 72.7 Å². The van der Waals surface area contributed by atoms with Crippen LogP contribution in [0, 0.1) is 19.8 Å². The van der Waals surface area contributed by atoms with Crippen LogP contribution >= 0.6 is 45.3 Å². The first-order valence-electron chi connectivity index (χ1n) is 42.5. The average molecular weight is 1770 g/mol. The van der Waals surface area contributed by atoms with Crippen LogP contribution in [0.2, 0.25) is 0 Å². The number of imidazole rings is 1. The van der Waals surface area contributed by atoms with Crippen molar-refractivity contribution in [3.05, 3.63) is 275 Å². The van der Waals surface area contributed by atoms with Crippen molar-refractivity contribution < 1.29 is 18.9 Å². The van der Waals surface area contributed by atoms with Crippen molar-refractivity contribution in [3.8, 4) is 72.1 Å². The van der Waals surface area contributed by atoms with Crippen LogP contribution in [0.25, 0.3) is 99.3 Å². The van der Waals surface area contributed by atoms with Crippen LogP contribution in [-0.4, -0.2) is 156 Å². The third-order valence-corrected chi connectivity index (χ3v) is 26.0. The van der Waals surface area contributed by atoms with Crippen LogP contribution in [0.5, 0.6) is 11.5 Å². The van der Waals surface area contributed by atoms with Gasteiger partial charge in [0, 0.05) is 196 Å². The maximum atomic E-state index is 14.2. The fourth-order valence-electron chi connectivity index (χ4n) is 16.3. The number of allylic oxidation sites excluding steroid dienone is 4. The number of thiazole rings is 3. The fraction of sp³-hybridized carbons (Fsp3) is 0.263. The predicted octanol–water partition coefficient (Wildman–Crippen LogP) is 17.1. The molecule has 28 nitrogen and oxygen atoms in total. The molecule has 17 heterocycles. The van der Waals surface area contributed by atoms with E-state index in [0.717, 1.165) is 202 Å². The maximum Gasteiger partial charge on any atom is 0.266 e. The first-order valence-corrected chi connectivity index (χ1v) is 46.1. The number of benzene rings is 3. The first kappa shape index (κ1) is 83.5. The molecule has 13 aromatic heterocycles. The molecule has 1 aliphatic carbocycles. The average Bonchev–Trinajstić information content (AvgIpc) is 1.11. The smallest absolute Gasteiger partial charge is 0.266 e. The van der Waals surface area contributed by atoms with Gasteiger partial charge in [0.1, 0.15) is 50.8 Å². The SMILES string of the molecule is CN1CCOC(c2ccc(Nc3cc4c(cn3)cc(-c3cn(C5=CCC=C5)cn3)c(=O)n4-c3nccs3)cc2)C1.Cc1cc(-c2ccsc2)ncc1-c1cc2cnc(Nc3ccc(OC4CCCNC4)cc3)nc2n(CC2CCOCC2)c1=O.Cc1cc(-c2nccs2)ncc1-c1cc2cnc(Nc3ccc(OC4CCCNC4)cc3)nc2n(Cc2nccs2)c1=O. The van der Waals surface area contributed by atoms with Gasteiger partial charge in [-0.05, 0) is 210 Å². The highest BCUT2D eigenvalue weighted by Crippen LogP contribution is 2.35. The number of aromatic nitrogens is 15. The second-order valence-corrected chi connectivity index (χ2v) is 35.4. The van der Waals surface area contributed by atoms with Gasteiger partial charge in [-0.2, -0.15) is 21.3 Å². The summed E-state index contributed by atoms with van der Waals surface area (Å²) in [6, 6.07) is 37.4. The molecular weight excluding hydrogens is 1680 g/mol. The molecule has 5 aliphatic rings. The Bertz CT molecular complexity index is 6810. The molecule has 0 amide bonds. The number of thiophene rings is 1. The summed E-state index contributed by atoms with van der Waals surface area (Å²) in [5.74, 6) is 3.47. The predicted molar refractivity (Wildman–Crippen MR) is 503 cm³/mol. The highest BCUT2D eigenvalue weighted by Gasteiger charge is 2.26. The molecule has 0 saturated carbocycles. The molecular formula is C95H91N21O7S4. The number of fused-ring (bicyclic) bond motifs is 3. The topological polar surface area (TPSA) is 313 Å². The minimum Gasteiger partial charge on any atom is -0.489 e. The lowest BCUT2D eigenvalue weighted by Gasteiger charge is -2.30. The molecule has 5 N–H and O–H groups in total. The van der Waals surface area contributed by atoms with Gasteiger partial charge in [0.05, 0.1) is 53.7 Å². The molecule has 127 heavy (non-hydrogen) atoms. The van der Waals surface area contributed by atoms with Gasteiger partial charge in [-0.1, -0.05) is 24.3 Å². The van der Waals surface area contributed by atoms with Crippen molar-refractivity contribution in [1.82, 2.24) is 88.6 Å². The number of nitrogens with zero attached hydrogens (tertiary/aromatic N) is 16. The van der Waals surface area contributed by atoms with Crippen molar-refractivity contribution >= 4 is 119 Å². The lowest BCUT2D eigenvalue weighted by atomic mass is 9.99. The summed E-state index contributed by atoms with van der Waals surface area (Å²) in [5, 5.41) is 31.2. The Hall–Kier alpha value is -13.0. The maximum absolute atomic E-state index is 14.2. The number of likely N-dealkylation sites (N-methyl/N-ethyl adjacent to an activating group) is 1. The Kier molecular flexibility index (Phi) is 25.3. The summed E-state index contributed by atoms with van der Waals surface area (Å²) in [6.07, 6.45) is 31.5. The summed E-state index contributed by atoms with van der Waals surface area (Å²) in [7, 11) is 2.11. The number of pyridine rings is 6. The molecule has 0 bridgehead atoms. The largest absolute Gasteiger partial charge is 0.489 e. The van der Waals surface area contributed by atoms with Gasteiger partial charge < -0.3 is 55.0 Å². The van der Waals surface area contributed by atoms with E-state index in [1.54, 1.807) is 70.2 Å². The highest BCUT2D eigenvalue weighted by molar-refractivity contribution is 7.13. The molecule has 0 spiro atoms. The van der Waals surface area contributed by atoms with E-state index < -0.39 is 0 Å². The van der Waals surface area contributed by atoms with Gasteiger partial charge in [-0.3, -0.25) is 38.1 Å². The van der Waals surface area contributed by atoms with E-state index in [4.69, 9.17) is 33.9 Å². The number of ether oxygens (including phenoxy) is 4. The third kappa shape index (κ3) is 19.4. The van der Waals surface area contributed by atoms with Crippen LogP contribution in [0.4, 0.5) is 34.8 Å². The number of nitrogens with one attached hydrogen (secondary N) is 5. The van der Waals surface area contributed by atoms with E-state index in [-0.39, 0.29) is 35.0 Å². The number of piperidine rings is 2. The molecule has 3 atom stereocenters. The summed E-state index contributed by atoms with van der Waals surface area (Å²) in [4.78, 5) is 95.1. The Balaban J connectivity index is 0.000000124.